The van der Waals surface area contributed by atoms with Crippen molar-refractivity contribution in [3.63, 3.8) is 0 Å². The molecule has 0 bridgehead atoms. The predicted molar refractivity (Wildman–Crippen MR) is 84.4 cm³/mol. The van der Waals surface area contributed by atoms with Crippen molar-refractivity contribution in [3.05, 3.63) is 35.3 Å². The van der Waals surface area contributed by atoms with Gasteiger partial charge in [-0.05, 0) is 19.1 Å². The van der Waals surface area contributed by atoms with Crippen LogP contribution in [0.3, 0.4) is 0 Å². The lowest BCUT2D eigenvalue weighted by Crippen LogP contribution is -2.40. The van der Waals surface area contributed by atoms with Crippen molar-refractivity contribution in [1.29, 1.82) is 0 Å². The van der Waals surface area contributed by atoms with Crippen LogP contribution in [0.1, 0.15) is 12.1 Å². The topological polar surface area (TPSA) is 71.5 Å². The Morgan fingerprint density at radius 2 is 2.27 bits per heavy atom. The van der Waals surface area contributed by atoms with Crippen molar-refractivity contribution < 1.29 is 14.3 Å². The fourth-order valence-corrected chi connectivity index (χ4v) is 2.91. The highest BCUT2D eigenvalue weighted by Crippen LogP contribution is 2.31. The molecule has 0 radical (unpaired) electrons. The van der Waals surface area contributed by atoms with Crippen molar-refractivity contribution in [3.8, 4) is 5.75 Å². The SMILES string of the molecule is Cc1csc(NC(=O)CCN2C(=O)COc3ccccc32)n1. The number of amides is 2. The Labute approximate surface area is 131 Å². The Bertz CT molecular complexity index is 714. The van der Waals surface area contributed by atoms with Crippen LogP contribution in [0.15, 0.2) is 29.6 Å². The lowest BCUT2D eigenvalue weighted by molar-refractivity contribution is -0.121. The summed E-state index contributed by atoms with van der Waals surface area (Å²) in [7, 11) is 0. The van der Waals surface area contributed by atoms with Crippen LogP contribution in [0.4, 0.5) is 10.8 Å². The lowest BCUT2D eigenvalue weighted by atomic mass is 10.2. The van der Waals surface area contributed by atoms with Crippen LogP contribution in [0.2, 0.25) is 0 Å². The summed E-state index contributed by atoms with van der Waals surface area (Å²) >= 11 is 1.38. The molecule has 1 aliphatic rings. The highest BCUT2D eigenvalue weighted by Gasteiger charge is 2.25. The fraction of sp³-hybridized carbons (Fsp3) is 0.267. The standard InChI is InChI=1S/C15H15N3O3S/c1-10-9-22-15(16-10)17-13(19)6-7-18-11-4-2-3-5-12(11)21-8-14(18)20/h2-5,9H,6-8H2,1H3,(H,16,17,19). The number of nitrogens with one attached hydrogen (secondary N) is 1. The van der Waals surface area contributed by atoms with E-state index in [-0.39, 0.29) is 24.8 Å². The van der Waals surface area contributed by atoms with Gasteiger partial charge in [0.1, 0.15) is 5.75 Å². The predicted octanol–water partition coefficient (Wildman–Crippen LogP) is 2.21. The van der Waals surface area contributed by atoms with E-state index in [1.165, 1.54) is 11.3 Å². The first kappa shape index (κ1) is 14.5. The maximum Gasteiger partial charge on any atom is 0.265 e. The van der Waals surface area contributed by atoms with Gasteiger partial charge in [-0.1, -0.05) is 12.1 Å². The van der Waals surface area contributed by atoms with Gasteiger partial charge >= 0.3 is 0 Å². The molecular weight excluding hydrogens is 302 g/mol. The maximum absolute atomic E-state index is 12.0. The van der Waals surface area contributed by atoms with Crippen molar-refractivity contribution in [2.75, 3.05) is 23.4 Å². The highest BCUT2D eigenvalue weighted by molar-refractivity contribution is 7.13. The third kappa shape index (κ3) is 3.09. The van der Waals surface area contributed by atoms with Gasteiger partial charge in [0.15, 0.2) is 11.7 Å². The summed E-state index contributed by atoms with van der Waals surface area (Å²) in [6.45, 7) is 2.19. The van der Waals surface area contributed by atoms with E-state index in [0.717, 1.165) is 5.69 Å². The quantitative estimate of drug-likeness (QED) is 0.938. The zero-order chi connectivity index (χ0) is 15.5. The Morgan fingerprint density at radius 3 is 3.05 bits per heavy atom. The molecule has 1 N–H and O–H groups in total. The van der Waals surface area contributed by atoms with Crippen LogP contribution >= 0.6 is 11.3 Å². The van der Waals surface area contributed by atoms with Crippen molar-refractivity contribution in [2.45, 2.75) is 13.3 Å². The lowest BCUT2D eigenvalue weighted by Gasteiger charge is -2.29. The Hall–Kier alpha value is -2.41. The first-order valence-electron chi connectivity index (χ1n) is 6.87. The first-order chi connectivity index (χ1) is 10.6. The minimum Gasteiger partial charge on any atom is -0.482 e. The van der Waals surface area contributed by atoms with E-state index in [2.05, 4.69) is 10.3 Å². The second-order valence-corrected chi connectivity index (χ2v) is 5.75. The number of rotatable bonds is 4. The zero-order valence-electron chi connectivity index (χ0n) is 12.0. The molecule has 7 heteroatoms. The molecule has 6 nitrogen and oxygen atoms in total. The number of nitrogens with zero attached hydrogens (tertiary/aromatic N) is 2. The van der Waals surface area contributed by atoms with Gasteiger partial charge in [-0.2, -0.15) is 0 Å². The first-order valence-corrected chi connectivity index (χ1v) is 7.75. The largest absolute Gasteiger partial charge is 0.482 e. The molecule has 1 aliphatic heterocycles. The molecule has 0 saturated carbocycles. The van der Waals surface area contributed by atoms with Gasteiger partial charge in [0.05, 0.1) is 11.4 Å². The molecule has 2 amide bonds. The van der Waals surface area contributed by atoms with Crippen LogP contribution in [0.25, 0.3) is 0 Å². The molecule has 0 unspecified atom stereocenters. The number of carbonyl (C=O) groups excluding carboxylic acids is 2. The molecule has 0 spiro atoms. The van der Waals surface area contributed by atoms with Gasteiger partial charge < -0.3 is 15.0 Å². The van der Waals surface area contributed by atoms with E-state index in [4.69, 9.17) is 4.74 Å². The molecule has 2 aromatic rings. The van der Waals surface area contributed by atoms with Gasteiger partial charge in [-0.25, -0.2) is 4.98 Å². The number of fused-ring (bicyclic) bond motifs is 1. The van der Waals surface area contributed by atoms with Crippen LogP contribution in [0.5, 0.6) is 5.75 Å². The number of hydrogen-bond acceptors (Lipinski definition) is 5. The highest BCUT2D eigenvalue weighted by atomic mass is 32.1. The third-order valence-corrected chi connectivity index (χ3v) is 4.11. The molecule has 114 valence electrons. The van der Waals surface area contributed by atoms with E-state index in [1.54, 1.807) is 4.90 Å². The monoisotopic (exact) mass is 317 g/mol. The number of benzene rings is 1. The van der Waals surface area contributed by atoms with E-state index in [0.29, 0.717) is 23.1 Å². The molecule has 22 heavy (non-hydrogen) atoms. The summed E-state index contributed by atoms with van der Waals surface area (Å²) in [4.78, 5) is 29.7. The number of thiazole rings is 1. The van der Waals surface area contributed by atoms with Gasteiger partial charge in [0, 0.05) is 18.3 Å². The van der Waals surface area contributed by atoms with E-state index in [9.17, 15) is 9.59 Å². The minimum absolute atomic E-state index is 0.00427. The van der Waals surface area contributed by atoms with Gasteiger partial charge in [0.25, 0.3) is 5.91 Å². The Morgan fingerprint density at radius 1 is 1.45 bits per heavy atom. The van der Waals surface area contributed by atoms with E-state index >= 15 is 0 Å². The Balaban J connectivity index is 1.63. The Kier molecular flexibility index (Phi) is 4.06. The molecule has 1 aromatic heterocycles. The number of para-hydroxylation sites is 2. The van der Waals surface area contributed by atoms with E-state index in [1.807, 2.05) is 36.6 Å². The zero-order valence-corrected chi connectivity index (χ0v) is 12.9. The van der Waals surface area contributed by atoms with Gasteiger partial charge in [-0.15, -0.1) is 11.3 Å². The van der Waals surface area contributed by atoms with Crippen LogP contribution < -0.4 is 15.0 Å². The summed E-state index contributed by atoms with van der Waals surface area (Å²) in [5.74, 6) is 0.362. The molecule has 0 aliphatic carbocycles. The third-order valence-electron chi connectivity index (χ3n) is 3.24. The molecule has 0 atom stereocenters. The number of carbonyl (C=O) groups is 2. The summed E-state index contributed by atoms with van der Waals surface area (Å²) in [6, 6.07) is 7.32. The fourth-order valence-electron chi connectivity index (χ4n) is 2.21. The smallest absolute Gasteiger partial charge is 0.265 e. The molecule has 0 saturated heterocycles. The average Bonchev–Trinajstić information content (AvgIpc) is 2.91. The molecular formula is C15H15N3O3S. The molecule has 2 heterocycles. The number of anilines is 2. The normalized spacial score (nSPS) is 13.5. The second-order valence-electron chi connectivity index (χ2n) is 4.89. The summed E-state index contributed by atoms with van der Waals surface area (Å²) in [6.07, 6.45) is 0.207. The van der Waals surface area contributed by atoms with Gasteiger partial charge in [-0.3, -0.25) is 9.59 Å². The van der Waals surface area contributed by atoms with Crippen molar-refractivity contribution >= 4 is 34.0 Å². The number of aryl methyl sites for hydroxylation is 1. The van der Waals surface area contributed by atoms with Gasteiger partial charge in [0.2, 0.25) is 5.91 Å². The second kappa shape index (κ2) is 6.15. The number of aromatic nitrogens is 1. The van der Waals surface area contributed by atoms with Crippen molar-refractivity contribution in [2.24, 2.45) is 0 Å². The summed E-state index contributed by atoms with van der Waals surface area (Å²) in [5, 5.41) is 5.19. The van der Waals surface area contributed by atoms with Crippen molar-refractivity contribution in [1.82, 2.24) is 4.98 Å². The summed E-state index contributed by atoms with van der Waals surface area (Å²) in [5.41, 5.74) is 1.58. The number of hydrogen-bond donors (Lipinski definition) is 1. The molecule has 0 fully saturated rings. The maximum atomic E-state index is 12.0. The van der Waals surface area contributed by atoms with E-state index < -0.39 is 0 Å². The van der Waals surface area contributed by atoms with Crippen LogP contribution in [-0.2, 0) is 9.59 Å². The minimum atomic E-state index is -0.161. The number of ether oxygens (including phenoxy) is 1. The average molecular weight is 317 g/mol. The molecule has 1 aromatic carbocycles. The van der Waals surface area contributed by atoms with Crippen LogP contribution in [-0.4, -0.2) is 29.9 Å². The van der Waals surface area contributed by atoms with Crippen LogP contribution in [0, 0.1) is 6.92 Å². The molecule has 3 rings (SSSR count). The summed E-state index contributed by atoms with van der Waals surface area (Å²) < 4.78 is 5.37.